The van der Waals surface area contributed by atoms with Gasteiger partial charge in [-0.1, -0.05) is 0 Å². The van der Waals surface area contributed by atoms with Crippen LogP contribution in [0.5, 0.6) is 0 Å². The van der Waals surface area contributed by atoms with Crippen molar-refractivity contribution in [3.63, 3.8) is 0 Å². The van der Waals surface area contributed by atoms with E-state index in [1.807, 2.05) is 0 Å². The number of hydrogen-bond acceptors (Lipinski definition) is 8. The molecule has 0 saturated heterocycles. The van der Waals surface area contributed by atoms with Crippen LogP contribution in [-0.4, -0.2) is 36.5 Å². The third-order valence-electron chi connectivity index (χ3n) is 4.01. The Bertz CT molecular complexity index is 1020. The first-order valence-corrected chi connectivity index (χ1v) is 8.05. The first-order chi connectivity index (χ1) is 12.8. The van der Waals surface area contributed by atoms with Crippen LogP contribution in [0.2, 0.25) is 0 Å². The van der Waals surface area contributed by atoms with Gasteiger partial charge in [-0.05, 0) is 28.5 Å². The van der Waals surface area contributed by atoms with Crippen molar-refractivity contribution < 1.29 is 19.2 Å². The van der Waals surface area contributed by atoms with E-state index >= 15 is 0 Å². The number of rotatable bonds is 5. The highest BCUT2D eigenvalue weighted by Crippen LogP contribution is 2.22. The van der Waals surface area contributed by atoms with Crippen LogP contribution in [-0.2, 0) is 23.1 Å². The SMILES string of the molecule is Cn1nnn(Cc2cc([N+](=O)[O-])ccc2C(=O)OC2=CC(=O)CCC2)c1=O. The Morgan fingerprint density at radius 2 is 2.07 bits per heavy atom. The van der Waals surface area contributed by atoms with E-state index in [0.29, 0.717) is 19.3 Å². The predicted octanol–water partition coefficient (Wildman–Crippen LogP) is 0.727. The summed E-state index contributed by atoms with van der Waals surface area (Å²) in [5.41, 5.74) is -0.566. The number of aryl methyl sites for hydroxylation is 1. The van der Waals surface area contributed by atoms with Gasteiger partial charge >= 0.3 is 11.7 Å². The Morgan fingerprint density at radius 3 is 2.70 bits per heavy atom. The number of non-ortho nitro benzene ring substituents is 1. The molecule has 1 aromatic heterocycles. The first kappa shape index (κ1) is 18.2. The molecular formula is C16H15N5O6. The number of allylic oxidation sites excluding steroid dienone is 2. The molecule has 1 aromatic carbocycles. The van der Waals surface area contributed by atoms with E-state index in [4.69, 9.17) is 4.74 Å². The summed E-state index contributed by atoms with van der Waals surface area (Å²) < 4.78 is 7.23. The fourth-order valence-electron chi connectivity index (χ4n) is 2.65. The monoisotopic (exact) mass is 373 g/mol. The third-order valence-corrected chi connectivity index (χ3v) is 4.01. The van der Waals surface area contributed by atoms with Gasteiger partial charge in [0, 0.05) is 38.1 Å². The number of tetrazole rings is 1. The lowest BCUT2D eigenvalue weighted by molar-refractivity contribution is -0.384. The van der Waals surface area contributed by atoms with Crippen LogP contribution < -0.4 is 5.69 Å². The highest BCUT2D eigenvalue weighted by Gasteiger charge is 2.21. The lowest BCUT2D eigenvalue weighted by Crippen LogP contribution is -2.24. The van der Waals surface area contributed by atoms with Gasteiger partial charge in [-0.3, -0.25) is 14.9 Å². The number of benzene rings is 1. The second-order valence-electron chi connectivity index (χ2n) is 5.96. The van der Waals surface area contributed by atoms with Crippen molar-refractivity contribution in [2.24, 2.45) is 7.05 Å². The Morgan fingerprint density at radius 1 is 1.30 bits per heavy atom. The van der Waals surface area contributed by atoms with Crippen molar-refractivity contribution in [3.05, 3.63) is 61.8 Å². The summed E-state index contributed by atoms with van der Waals surface area (Å²) >= 11 is 0. The fourth-order valence-corrected chi connectivity index (χ4v) is 2.65. The van der Waals surface area contributed by atoms with Crippen LogP contribution >= 0.6 is 0 Å². The van der Waals surface area contributed by atoms with Crippen molar-refractivity contribution >= 4 is 17.4 Å². The smallest absolute Gasteiger partial charge is 0.363 e. The summed E-state index contributed by atoms with van der Waals surface area (Å²) in [4.78, 5) is 46.4. The van der Waals surface area contributed by atoms with E-state index in [1.165, 1.54) is 31.3 Å². The molecule has 0 atom stereocenters. The molecular weight excluding hydrogens is 358 g/mol. The number of nitro benzene ring substituents is 1. The van der Waals surface area contributed by atoms with Gasteiger partial charge in [0.15, 0.2) is 5.78 Å². The lowest BCUT2D eigenvalue weighted by atomic mass is 10.0. The van der Waals surface area contributed by atoms with Crippen LogP contribution in [0.4, 0.5) is 5.69 Å². The summed E-state index contributed by atoms with van der Waals surface area (Å²) in [6.07, 6.45) is 2.71. The maximum Gasteiger partial charge on any atom is 0.363 e. The van der Waals surface area contributed by atoms with Gasteiger partial charge in [0.05, 0.1) is 17.0 Å². The van der Waals surface area contributed by atoms with Crippen LogP contribution in [0, 0.1) is 10.1 Å². The van der Waals surface area contributed by atoms with Crippen molar-refractivity contribution in [2.45, 2.75) is 25.8 Å². The maximum absolute atomic E-state index is 12.5. The van der Waals surface area contributed by atoms with Crippen LogP contribution in [0.1, 0.15) is 35.2 Å². The van der Waals surface area contributed by atoms with Crippen LogP contribution in [0.3, 0.4) is 0 Å². The number of aromatic nitrogens is 4. The molecule has 3 rings (SSSR count). The number of nitro groups is 1. The minimum absolute atomic E-state index is 0.0390. The Hall–Kier alpha value is -3.63. The summed E-state index contributed by atoms with van der Waals surface area (Å²) in [6, 6.07) is 3.60. The molecule has 1 aliphatic carbocycles. The van der Waals surface area contributed by atoms with Gasteiger partial charge in [-0.15, -0.1) is 0 Å². The van der Waals surface area contributed by atoms with E-state index in [-0.39, 0.29) is 34.9 Å². The van der Waals surface area contributed by atoms with Crippen molar-refractivity contribution in [3.8, 4) is 0 Å². The molecule has 0 unspecified atom stereocenters. The first-order valence-electron chi connectivity index (χ1n) is 8.05. The molecule has 1 aliphatic rings. The number of ether oxygens (including phenoxy) is 1. The molecule has 140 valence electrons. The van der Waals surface area contributed by atoms with Gasteiger partial charge in [-0.25, -0.2) is 9.59 Å². The van der Waals surface area contributed by atoms with Crippen molar-refractivity contribution in [2.75, 3.05) is 0 Å². The van der Waals surface area contributed by atoms with Crippen LogP contribution in [0.15, 0.2) is 34.8 Å². The average molecular weight is 373 g/mol. The number of carbonyl (C=O) groups is 2. The number of nitrogens with zero attached hydrogens (tertiary/aromatic N) is 5. The minimum Gasteiger partial charge on any atom is -0.427 e. The highest BCUT2D eigenvalue weighted by molar-refractivity contribution is 5.94. The van der Waals surface area contributed by atoms with E-state index < -0.39 is 16.6 Å². The standard InChI is InChI=1S/C16H15N5O6/c1-19-16(24)20(18-17-19)9-10-7-11(21(25)26)5-6-14(10)15(23)27-13-4-2-3-12(22)8-13/h5-8H,2-4,9H2,1H3. The number of carbonyl (C=O) groups excluding carboxylic acids is 2. The molecule has 0 saturated carbocycles. The molecule has 0 amide bonds. The van der Waals surface area contributed by atoms with Crippen LogP contribution in [0.25, 0.3) is 0 Å². The lowest BCUT2D eigenvalue weighted by Gasteiger charge is -2.13. The summed E-state index contributed by atoms with van der Waals surface area (Å²) in [5.74, 6) is -0.644. The zero-order valence-electron chi connectivity index (χ0n) is 14.3. The van der Waals surface area contributed by atoms with Gasteiger partial charge in [0.1, 0.15) is 5.76 Å². The predicted molar refractivity (Wildman–Crippen MR) is 89.8 cm³/mol. The number of esters is 1. The summed E-state index contributed by atoms with van der Waals surface area (Å²) in [6.45, 7) is -0.198. The third kappa shape index (κ3) is 3.97. The van der Waals surface area contributed by atoms with E-state index in [1.54, 1.807) is 0 Å². The topological polar surface area (TPSA) is 139 Å². The van der Waals surface area contributed by atoms with E-state index in [9.17, 15) is 24.5 Å². The van der Waals surface area contributed by atoms with Crippen molar-refractivity contribution in [1.82, 2.24) is 19.8 Å². The quantitative estimate of drug-likeness (QED) is 0.424. The molecule has 0 radical (unpaired) electrons. The molecule has 27 heavy (non-hydrogen) atoms. The summed E-state index contributed by atoms with van der Waals surface area (Å²) in [7, 11) is 1.40. The molecule has 0 N–H and O–H groups in total. The van der Waals surface area contributed by atoms with Gasteiger partial charge in [0.25, 0.3) is 5.69 Å². The van der Waals surface area contributed by atoms with Gasteiger partial charge < -0.3 is 4.74 Å². The van der Waals surface area contributed by atoms with E-state index in [0.717, 1.165) is 9.36 Å². The van der Waals surface area contributed by atoms with Crippen molar-refractivity contribution in [1.29, 1.82) is 0 Å². The Labute approximate surface area is 152 Å². The van der Waals surface area contributed by atoms with Gasteiger partial charge in [-0.2, -0.15) is 9.36 Å². The molecule has 0 aliphatic heterocycles. The Balaban J connectivity index is 1.94. The zero-order valence-corrected chi connectivity index (χ0v) is 14.3. The second-order valence-corrected chi connectivity index (χ2v) is 5.96. The molecule has 11 heteroatoms. The van der Waals surface area contributed by atoms with Gasteiger partial charge in [0.2, 0.25) is 0 Å². The number of ketones is 1. The molecule has 0 spiro atoms. The summed E-state index contributed by atoms with van der Waals surface area (Å²) in [5, 5.41) is 18.3. The zero-order chi connectivity index (χ0) is 19.6. The molecule has 2 aromatic rings. The minimum atomic E-state index is -0.766. The average Bonchev–Trinajstić information content (AvgIpc) is 2.93. The molecule has 11 nitrogen and oxygen atoms in total. The number of hydrogen-bond donors (Lipinski definition) is 0. The Kier molecular flexibility index (Phi) is 4.92. The molecule has 0 fully saturated rings. The molecule has 1 heterocycles. The normalized spacial score (nSPS) is 14.0. The fraction of sp³-hybridized carbons (Fsp3) is 0.312. The maximum atomic E-state index is 12.5. The second kappa shape index (κ2) is 7.32. The molecule has 0 bridgehead atoms. The highest BCUT2D eigenvalue weighted by atomic mass is 16.6. The van der Waals surface area contributed by atoms with E-state index in [2.05, 4.69) is 10.4 Å². The largest absolute Gasteiger partial charge is 0.427 e.